The molecule has 9 heteroatoms. The highest BCUT2D eigenvalue weighted by atomic mass is 32.2. The number of amides is 1. The molecule has 1 heterocycles. The van der Waals surface area contributed by atoms with Gasteiger partial charge in [0.05, 0.1) is 24.1 Å². The quantitative estimate of drug-likeness (QED) is 0.579. The maximum Gasteiger partial charge on any atom is 0.238 e. The second-order valence-corrected chi connectivity index (χ2v) is 7.94. The average molecular weight is 415 g/mol. The molecule has 29 heavy (non-hydrogen) atoms. The van der Waals surface area contributed by atoms with E-state index in [9.17, 15) is 13.2 Å². The van der Waals surface area contributed by atoms with Crippen molar-refractivity contribution in [1.82, 2.24) is 10.5 Å². The highest BCUT2D eigenvalue weighted by molar-refractivity contribution is 7.89. The van der Waals surface area contributed by atoms with Gasteiger partial charge in [0, 0.05) is 18.2 Å². The predicted molar refractivity (Wildman–Crippen MR) is 107 cm³/mol. The zero-order chi connectivity index (χ0) is 20.9. The van der Waals surface area contributed by atoms with Crippen LogP contribution in [0.15, 0.2) is 64.0 Å². The first-order valence-corrected chi connectivity index (χ1v) is 10.4. The molecule has 8 nitrogen and oxygen atoms in total. The molecule has 0 spiro atoms. The van der Waals surface area contributed by atoms with E-state index in [0.717, 1.165) is 16.9 Å². The van der Waals surface area contributed by atoms with E-state index in [-0.39, 0.29) is 17.2 Å². The van der Waals surface area contributed by atoms with Crippen LogP contribution in [0.3, 0.4) is 0 Å². The third kappa shape index (κ3) is 5.66. The number of rotatable bonds is 8. The summed E-state index contributed by atoms with van der Waals surface area (Å²) in [6.45, 7) is 0.413. The van der Waals surface area contributed by atoms with Crippen LogP contribution in [-0.2, 0) is 27.7 Å². The monoisotopic (exact) mass is 415 g/mol. The highest BCUT2D eigenvalue weighted by Crippen LogP contribution is 2.23. The normalized spacial score (nSPS) is 11.2. The molecular weight excluding hydrogens is 394 g/mol. The minimum atomic E-state index is -3.70. The number of aromatic nitrogens is 1. The molecule has 0 saturated carbocycles. The number of nitrogens with zero attached hydrogens (tertiary/aromatic N) is 1. The van der Waals surface area contributed by atoms with Crippen molar-refractivity contribution in [1.29, 1.82) is 0 Å². The number of ether oxygens (including phenoxy) is 1. The van der Waals surface area contributed by atoms with Crippen molar-refractivity contribution in [3.8, 4) is 17.1 Å². The van der Waals surface area contributed by atoms with Gasteiger partial charge in [0.15, 0.2) is 5.76 Å². The topological polar surface area (TPSA) is 125 Å². The molecule has 0 radical (unpaired) electrons. The van der Waals surface area contributed by atoms with Gasteiger partial charge in [0.25, 0.3) is 0 Å². The number of nitrogens with two attached hydrogens (primary N) is 1. The second-order valence-electron chi connectivity index (χ2n) is 6.38. The van der Waals surface area contributed by atoms with Crippen LogP contribution >= 0.6 is 0 Å². The number of hydrogen-bond acceptors (Lipinski definition) is 6. The third-order valence-corrected chi connectivity index (χ3v) is 5.19. The largest absolute Gasteiger partial charge is 0.497 e. The summed E-state index contributed by atoms with van der Waals surface area (Å²) in [5.41, 5.74) is 2.26. The van der Waals surface area contributed by atoms with E-state index in [1.165, 1.54) is 12.1 Å². The van der Waals surface area contributed by atoms with E-state index >= 15 is 0 Å². The number of primary sulfonamides is 1. The van der Waals surface area contributed by atoms with E-state index in [2.05, 4.69) is 10.5 Å². The van der Waals surface area contributed by atoms with Gasteiger partial charge in [-0.2, -0.15) is 0 Å². The molecule has 1 amide bonds. The Kier molecular flexibility index (Phi) is 6.30. The van der Waals surface area contributed by atoms with Gasteiger partial charge in [0.2, 0.25) is 15.9 Å². The first kappa shape index (κ1) is 20.6. The average Bonchev–Trinajstić information content (AvgIpc) is 3.16. The Hall–Kier alpha value is -3.17. The minimum Gasteiger partial charge on any atom is -0.497 e. The molecule has 3 rings (SSSR count). The van der Waals surface area contributed by atoms with E-state index in [1.54, 1.807) is 25.3 Å². The fourth-order valence-electron chi connectivity index (χ4n) is 2.71. The number of nitrogens with one attached hydrogen (secondary N) is 1. The standard InChI is InChI=1S/C20H21N3O5S/c1-27-17-6-4-15(5-7-17)19-12-16(23-28-19)13-20(24)22-11-10-14-2-8-18(9-3-14)29(21,25)26/h2-9,12H,10-11,13H2,1H3,(H,22,24)(H2,21,25,26). The third-order valence-electron chi connectivity index (χ3n) is 4.26. The molecule has 2 aromatic carbocycles. The maximum absolute atomic E-state index is 12.1. The van der Waals surface area contributed by atoms with Crippen LogP contribution in [0.4, 0.5) is 0 Å². The molecule has 152 valence electrons. The van der Waals surface area contributed by atoms with Crippen LogP contribution in [0.2, 0.25) is 0 Å². The Bertz CT molecular complexity index is 1070. The second kappa shape index (κ2) is 8.89. The molecule has 0 atom stereocenters. The number of hydrogen-bond donors (Lipinski definition) is 2. The van der Waals surface area contributed by atoms with Gasteiger partial charge >= 0.3 is 0 Å². The van der Waals surface area contributed by atoms with Gasteiger partial charge in [-0.25, -0.2) is 13.6 Å². The predicted octanol–water partition coefficient (Wildman–Crippen LogP) is 1.90. The molecular formula is C20H21N3O5S. The van der Waals surface area contributed by atoms with Gasteiger partial charge in [-0.3, -0.25) is 4.79 Å². The van der Waals surface area contributed by atoms with Crippen molar-refractivity contribution in [2.45, 2.75) is 17.7 Å². The smallest absolute Gasteiger partial charge is 0.238 e. The Labute approximate surface area is 168 Å². The molecule has 3 N–H and O–H groups in total. The maximum atomic E-state index is 12.1. The zero-order valence-corrected chi connectivity index (χ0v) is 16.6. The lowest BCUT2D eigenvalue weighted by molar-refractivity contribution is -0.120. The lowest BCUT2D eigenvalue weighted by Gasteiger charge is -2.05. The van der Waals surface area contributed by atoms with Crippen LogP contribution in [-0.4, -0.2) is 33.1 Å². The van der Waals surface area contributed by atoms with Gasteiger partial charge < -0.3 is 14.6 Å². The van der Waals surface area contributed by atoms with Gasteiger partial charge in [-0.15, -0.1) is 0 Å². The summed E-state index contributed by atoms with van der Waals surface area (Å²) >= 11 is 0. The lowest BCUT2D eigenvalue weighted by Crippen LogP contribution is -2.27. The Morgan fingerprint density at radius 3 is 2.45 bits per heavy atom. The van der Waals surface area contributed by atoms with Crippen molar-refractivity contribution in [2.75, 3.05) is 13.7 Å². The van der Waals surface area contributed by atoms with Crippen molar-refractivity contribution in [3.63, 3.8) is 0 Å². The summed E-state index contributed by atoms with van der Waals surface area (Å²) in [6.07, 6.45) is 0.663. The summed E-state index contributed by atoms with van der Waals surface area (Å²) in [5.74, 6) is 1.14. The van der Waals surface area contributed by atoms with Crippen LogP contribution in [0.5, 0.6) is 5.75 Å². The minimum absolute atomic E-state index is 0.0592. The molecule has 3 aromatic rings. The fourth-order valence-corrected chi connectivity index (χ4v) is 3.22. The van der Waals surface area contributed by atoms with Crippen molar-refractivity contribution in [2.24, 2.45) is 5.14 Å². The molecule has 0 aliphatic rings. The van der Waals surface area contributed by atoms with Crippen molar-refractivity contribution in [3.05, 3.63) is 65.9 Å². The molecule has 0 saturated heterocycles. The summed E-state index contributed by atoms with van der Waals surface area (Å²) in [4.78, 5) is 12.2. The van der Waals surface area contributed by atoms with Crippen LogP contribution < -0.4 is 15.2 Å². The van der Waals surface area contributed by atoms with Crippen molar-refractivity contribution < 1.29 is 22.5 Å². The van der Waals surface area contributed by atoms with E-state index in [1.807, 2.05) is 24.3 Å². The van der Waals surface area contributed by atoms with Crippen LogP contribution in [0, 0.1) is 0 Å². The Balaban J connectivity index is 1.49. The Morgan fingerprint density at radius 1 is 1.14 bits per heavy atom. The first-order chi connectivity index (χ1) is 13.8. The number of carbonyl (C=O) groups excluding carboxylic acids is 1. The van der Waals surface area contributed by atoms with Gasteiger partial charge in [0.1, 0.15) is 5.75 Å². The number of carbonyl (C=O) groups is 1. The number of methoxy groups -OCH3 is 1. The van der Waals surface area contributed by atoms with Crippen molar-refractivity contribution >= 4 is 15.9 Å². The highest BCUT2D eigenvalue weighted by Gasteiger charge is 2.11. The molecule has 0 bridgehead atoms. The Morgan fingerprint density at radius 2 is 1.83 bits per heavy atom. The summed E-state index contributed by atoms with van der Waals surface area (Å²) in [5, 5.41) is 11.8. The van der Waals surface area contributed by atoms with Crippen LogP contribution in [0.25, 0.3) is 11.3 Å². The number of benzene rings is 2. The molecule has 0 aliphatic carbocycles. The molecule has 0 aliphatic heterocycles. The summed E-state index contributed by atoms with van der Waals surface area (Å²) in [6, 6.07) is 15.3. The van der Waals surface area contributed by atoms with Gasteiger partial charge in [-0.05, 0) is 48.4 Å². The number of sulfonamides is 1. The van der Waals surface area contributed by atoms with Gasteiger partial charge in [-0.1, -0.05) is 17.3 Å². The first-order valence-electron chi connectivity index (χ1n) is 8.83. The zero-order valence-electron chi connectivity index (χ0n) is 15.8. The fraction of sp³-hybridized carbons (Fsp3) is 0.200. The van der Waals surface area contributed by atoms with E-state index in [0.29, 0.717) is 24.4 Å². The van der Waals surface area contributed by atoms with E-state index < -0.39 is 10.0 Å². The SMILES string of the molecule is COc1ccc(-c2cc(CC(=O)NCCc3ccc(S(N)(=O)=O)cc3)no2)cc1. The molecule has 1 aromatic heterocycles. The summed E-state index contributed by atoms with van der Waals surface area (Å²) < 4.78 is 32.9. The molecule has 0 fully saturated rings. The summed E-state index contributed by atoms with van der Waals surface area (Å²) in [7, 11) is -2.10. The van der Waals surface area contributed by atoms with E-state index in [4.69, 9.17) is 14.4 Å². The molecule has 0 unspecified atom stereocenters. The lowest BCUT2D eigenvalue weighted by atomic mass is 10.1. The van der Waals surface area contributed by atoms with Crippen LogP contribution in [0.1, 0.15) is 11.3 Å².